The van der Waals surface area contributed by atoms with E-state index in [0.717, 1.165) is 23.1 Å². The highest BCUT2D eigenvalue weighted by molar-refractivity contribution is 5.95. The van der Waals surface area contributed by atoms with Crippen molar-refractivity contribution in [1.82, 2.24) is 9.80 Å². The Balaban J connectivity index is 1.35. The minimum Gasteiger partial charge on any atom is -0.325 e. The Kier molecular flexibility index (Phi) is 5.06. The van der Waals surface area contributed by atoms with Crippen molar-refractivity contribution in [1.29, 1.82) is 0 Å². The average molecular weight is 473 g/mol. The molecular weight excluding hydrogens is 457 g/mol. The highest BCUT2D eigenvalue weighted by Crippen LogP contribution is 2.35. The molecule has 3 heterocycles. The highest BCUT2D eigenvalue weighted by atomic mass is 19.4. The number of nitrogens with one attached hydrogen (secondary N) is 1. The molecule has 0 saturated carbocycles. The summed E-state index contributed by atoms with van der Waals surface area (Å²) in [6.45, 7) is -0.465. The van der Waals surface area contributed by atoms with E-state index in [1.807, 2.05) is 0 Å². The number of fused-ring (bicyclic) bond motifs is 2. The highest BCUT2D eigenvalue weighted by Gasteiger charge is 2.36. The Morgan fingerprint density at radius 1 is 1.09 bits per heavy atom. The molecule has 3 amide bonds. The summed E-state index contributed by atoms with van der Waals surface area (Å²) in [5.41, 5.74) is 4.16. The number of carbonyl (C=O) groups excluding carboxylic acids is 2. The molecule has 1 aliphatic carbocycles. The Bertz CT molecular complexity index is 1310. The van der Waals surface area contributed by atoms with Gasteiger partial charge in [0, 0.05) is 11.1 Å². The largest absolute Gasteiger partial charge is 0.416 e. The number of hydrogen-bond acceptors (Lipinski definition) is 2. The SMILES string of the molecule is O=C1Nc2ccc(F)c(F)c2CN1CC(=O)N1CC2=C=C[C@H]1C(c1ccc(C(F)(F)F)cc1)=C2. The topological polar surface area (TPSA) is 52.7 Å². The smallest absolute Gasteiger partial charge is 0.325 e. The van der Waals surface area contributed by atoms with Gasteiger partial charge >= 0.3 is 12.2 Å². The van der Waals surface area contributed by atoms with Crippen LogP contribution in [0, 0.1) is 11.6 Å². The van der Waals surface area contributed by atoms with E-state index in [1.54, 1.807) is 12.2 Å². The van der Waals surface area contributed by atoms with Gasteiger partial charge in [-0.05, 0) is 47.6 Å². The number of hydrogen-bond donors (Lipinski definition) is 1. The van der Waals surface area contributed by atoms with Crippen LogP contribution >= 0.6 is 0 Å². The lowest BCUT2D eigenvalue weighted by atomic mass is 9.87. The summed E-state index contributed by atoms with van der Waals surface area (Å²) in [4.78, 5) is 28.1. The lowest BCUT2D eigenvalue weighted by Gasteiger charge is -2.39. The summed E-state index contributed by atoms with van der Waals surface area (Å²) in [6, 6.07) is 5.61. The quantitative estimate of drug-likeness (QED) is 0.518. The van der Waals surface area contributed by atoms with Gasteiger partial charge in [-0.2, -0.15) is 13.2 Å². The summed E-state index contributed by atoms with van der Waals surface area (Å²) in [5, 5.41) is 2.45. The molecule has 0 aromatic heterocycles. The van der Waals surface area contributed by atoms with Crippen molar-refractivity contribution >= 4 is 23.2 Å². The molecule has 0 radical (unpaired) electrons. The maximum atomic E-state index is 14.2. The lowest BCUT2D eigenvalue weighted by molar-refractivity contribution is -0.137. The van der Waals surface area contributed by atoms with Crippen molar-refractivity contribution in [2.24, 2.45) is 0 Å². The second-order valence-electron chi connectivity index (χ2n) is 8.15. The molecule has 34 heavy (non-hydrogen) atoms. The van der Waals surface area contributed by atoms with Gasteiger partial charge in [0.1, 0.15) is 6.54 Å². The van der Waals surface area contributed by atoms with Crippen molar-refractivity contribution in [2.75, 3.05) is 18.4 Å². The molecule has 2 bridgehead atoms. The predicted octanol–water partition coefficient (Wildman–Crippen LogP) is 4.72. The van der Waals surface area contributed by atoms with Crippen molar-refractivity contribution in [3.63, 3.8) is 0 Å². The molecule has 4 aliphatic rings. The van der Waals surface area contributed by atoms with E-state index in [2.05, 4.69) is 11.0 Å². The van der Waals surface area contributed by atoms with Gasteiger partial charge in [0.25, 0.3) is 0 Å². The minimum absolute atomic E-state index is 0.0551. The van der Waals surface area contributed by atoms with Gasteiger partial charge in [0.05, 0.1) is 30.4 Å². The van der Waals surface area contributed by atoms with E-state index in [-0.39, 0.29) is 30.9 Å². The first kappa shape index (κ1) is 21.9. The number of alkyl halides is 3. The fourth-order valence-corrected chi connectivity index (χ4v) is 4.27. The third kappa shape index (κ3) is 3.76. The molecular formula is C24H16F5N3O2. The number of amides is 3. The Labute approximate surface area is 190 Å². The molecule has 2 aromatic rings. The van der Waals surface area contributed by atoms with Crippen molar-refractivity contribution in [2.45, 2.75) is 18.8 Å². The predicted molar refractivity (Wildman–Crippen MR) is 112 cm³/mol. The van der Waals surface area contributed by atoms with E-state index < -0.39 is 41.4 Å². The molecule has 10 heteroatoms. The van der Waals surface area contributed by atoms with E-state index in [1.165, 1.54) is 23.1 Å². The van der Waals surface area contributed by atoms with Gasteiger partial charge in [-0.15, -0.1) is 5.73 Å². The van der Waals surface area contributed by atoms with Gasteiger partial charge < -0.3 is 15.1 Å². The van der Waals surface area contributed by atoms with Crippen LogP contribution < -0.4 is 5.32 Å². The Morgan fingerprint density at radius 2 is 1.82 bits per heavy atom. The normalized spacial score (nSPS) is 19.0. The molecule has 0 saturated heterocycles. The van der Waals surface area contributed by atoms with Crippen molar-refractivity contribution in [3.8, 4) is 0 Å². The molecule has 1 N–H and O–H groups in total. The van der Waals surface area contributed by atoms with E-state index >= 15 is 0 Å². The summed E-state index contributed by atoms with van der Waals surface area (Å²) in [7, 11) is 0. The molecule has 6 rings (SSSR count). The van der Waals surface area contributed by atoms with Gasteiger partial charge in [-0.3, -0.25) is 4.79 Å². The van der Waals surface area contributed by atoms with Crippen molar-refractivity contribution < 1.29 is 31.5 Å². The van der Waals surface area contributed by atoms with Gasteiger partial charge in [-0.1, -0.05) is 12.1 Å². The zero-order chi connectivity index (χ0) is 24.2. The van der Waals surface area contributed by atoms with Crippen LogP contribution in [0.1, 0.15) is 16.7 Å². The number of anilines is 1. The van der Waals surface area contributed by atoms with Crippen LogP contribution in [0.4, 0.5) is 32.4 Å². The summed E-state index contributed by atoms with van der Waals surface area (Å²) < 4.78 is 66.5. The van der Waals surface area contributed by atoms with Crippen LogP contribution in [-0.2, 0) is 17.5 Å². The van der Waals surface area contributed by atoms with E-state index in [0.29, 0.717) is 16.7 Å². The number of halogens is 5. The molecule has 5 nitrogen and oxygen atoms in total. The fraction of sp³-hybridized carbons (Fsp3) is 0.208. The average Bonchev–Trinajstić information content (AvgIpc) is 2.82. The molecule has 174 valence electrons. The zero-order valence-electron chi connectivity index (χ0n) is 17.4. The molecule has 0 fully saturated rings. The third-order valence-corrected chi connectivity index (χ3v) is 6.02. The van der Waals surface area contributed by atoms with E-state index in [9.17, 15) is 31.5 Å². The molecule has 0 spiro atoms. The van der Waals surface area contributed by atoms with E-state index in [4.69, 9.17) is 0 Å². The number of benzene rings is 2. The monoisotopic (exact) mass is 473 g/mol. The number of carbonyl (C=O) groups is 2. The molecule has 3 aliphatic heterocycles. The fourth-order valence-electron chi connectivity index (χ4n) is 4.27. The van der Waals surface area contributed by atoms with Crippen LogP contribution in [0.15, 0.2) is 59.9 Å². The van der Waals surface area contributed by atoms with Gasteiger partial charge in [0.2, 0.25) is 5.91 Å². The van der Waals surface area contributed by atoms with Gasteiger partial charge in [-0.25, -0.2) is 13.6 Å². The maximum absolute atomic E-state index is 14.2. The Hall–Kier alpha value is -3.91. The lowest BCUT2D eigenvalue weighted by Crippen LogP contribution is -2.51. The van der Waals surface area contributed by atoms with Crippen LogP contribution in [0.25, 0.3) is 5.57 Å². The Morgan fingerprint density at radius 3 is 2.50 bits per heavy atom. The second-order valence-corrected chi connectivity index (χ2v) is 8.15. The summed E-state index contributed by atoms with van der Waals surface area (Å²) in [6.07, 6.45) is -1.04. The molecule has 1 atom stereocenters. The van der Waals surface area contributed by atoms with Crippen molar-refractivity contribution in [3.05, 3.63) is 88.2 Å². The molecule has 2 aromatic carbocycles. The first-order chi connectivity index (χ1) is 16.1. The first-order valence-electron chi connectivity index (χ1n) is 10.3. The number of nitrogens with zero attached hydrogens (tertiary/aromatic N) is 2. The second kappa shape index (κ2) is 7.85. The first-order valence-corrected chi connectivity index (χ1v) is 10.3. The number of urea groups is 1. The summed E-state index contributed by atoms with van der Waals surface area (Å²) >= 11 is 0. The number of rotatable bonds is 3. The maximum Gasteiger partial charge on any atom is 0.416 e. The minimum atomic E-state index is -4.46. The zero-order valence-corrected chi connectivity index (χ0v) is 17.4. The standard InChI is InChI=1S/C24H16F5N3O2/c25-18-6-7-19-17(22(18)26)11-31(23(34)30-19)12-21(33)32-10-13-1-8-20(32)16(9-13)14-2-4-15(5-3-14)24(27,28)29/h2-9,20H,10-12H2,(H,30,34)/t20-/m0/s1. The molecule has 0 unspecified atom stereocenters. The summed E-state index contributed by atoms with van der Waals surface area (Å²) in [5.74, 6) is -2.60. The van der Waals surface area contributed by atoms with Gasteiger partial charge in [0.15, 0.2) is 11.6 Å². The van der Waals surface area contributed by atoms with Crippen LogP contribution in [0.5, 0.6) is 0 Å². The third-order valence-electron chi connectivity index (χ3n) is 6.02. The van der Waals surface area contributed by atoms with Crippen LogP contribution in [0.3, 0.4) is 0 Å². The van der Waals surface area contributed by atoms with Crippen LogP contribution in [0.2, 0.25) is 0 Å². The van der Waals surface area contributed by atoms with Crippen LogP contribution in [-0.4, -0.2) is 40.9 Å².